The smallest absolute Gasteiger partial charge is 0.238 e. The second-order valence-corrected chi connectivity index (χ2v) is 5.34. The van der Waals surface area contributed by atoms with E-state index in [0.29, 0.717) is 12.1 Å². The summed E-state index contributed by atoms with van der Waals surface area (Å²) in [5, 5.41) is 8.25. The fraction of sp³-hybridized carbons (Fsp3) is 0.200. The van der Waals surface area contributed by atoms with E-state index in [1.807, 2.05) is 0 Å². The number of sulfonamides is 1. The van der Waals surface area contributed by atoms with Crippen LogP contribution in [0.25, 0.3) is 0 Å². The van der Waals surface area contributed by atoms with Crippen LogP contribution in [0.1, 0.15) is 11.7 Å². The van der Waals surface area contributed by atoms with Gasteiger partial charge < -0.3 is 9.26 Å². The van der Waals surface area contributed by atoms with Crippen molar-refractivity contribution >= 4 is 10.0 Å². The van der Waals surface area contributed by atoms with Crippen LogP contribution < -0.4 is 9.88 Å². The molecule has 1 aromatic carbocycles. The number of rotatable bonds is 4. The first-order valence-corrected chi connectivity index (χ1v) is 6.76. The molecule has 0 bridgehead atoms. The van der Waals surface area contributed by atoms with Crippen molar-refractivity contribution < 1.29 is 26.5 Å². The van der Waals surface area contributed by atoms with E-state index in [1.165, 1.54) is 0 Å². The van der Waals surface area contributed by atoms with Crippen molar-refractivity contribution in [1.29, 1.82) is 0 Å². The molecule has 108 valence electrons. The molecule has 2 N–H and O–H groups in total. The lowest BCUT2D eigenvalue weighted by Gasteiger charge is -2.07. The van der Waals surface area contributed by atoms with E-state index < -0.39 is 32.3 Å². The Balaban J connectivity index is 2.25. The highest BCUT2D eigenvalue weighted by molar-refractivity contribution is 7.89. The number of hydrogen-bond donors (Lipinski definition) is 1. The molecule has 0 aliphatic heterocycles. The minimum absolute atomic E-state index is 0.0943. The maximum absolute atomic E-state index is 13.6. The van der Waals surface area contributed by atoms with Crippen LogP contribution in [0, 0.1) is 18.6 Å². The maximum atomic E-state index is 13.6. The molecule has 2 rings (SSSR count). The molecule has 1 heterocycles. The molecule has 0 spiro atoms. The monoisotopic (exact) mass is 305 g/mol. The van der Waals surface area contributed by atoms with Crippen LogP contribution in [-0.4, -0.2) is 18.6 Å². The highest BCUT2D eigenvalue weighted by atomic mass is 32.2. The number of primary sulfonamides is 1. The number of nitrogens with two attached hydrogens (primary N) is 1. The summed E-state index contributed by atoms with van der Waals surface area (Å²) in [7, 11) is -4.20. The van der Waals surface area contributed by atoms with Crippen molar-refractivity contribution in [3.8, 4) is 5.75 Å². The van der Waals surface area contributed by atoms with Gasteiger partial charge in [-0.25, -0.2) is 22.3 Å². The number of benzene rings is 1. The normalized spacial score (nSPS) is 11.6. The van der Waals surface area contributed by atoms with Gasteiger partial charge in [-0.15, -0.1) is 0 Å². The standard InChI is InChI=1S/C10H9F2N3O4S/c1-5-14-9(15-19-5)4-18-10-7(11)2-6(3-8(10)12)20(13,16)17/h2-3H,4H2,1H3,(H2,13,16,17). The number of ether oxygens (including phenoxy) is 1. The largest absolute Gasteiger partial charge is 0.479 e. The average Bonchev–Trinajstić information content (AvgIpc) is 2.72. The van der Waals surface area contributed by atoms with Gasteiger partial charge in [-0.05, 0) is 12.1 Å². The molecule has 1 aromatic heterocycles. The number of halogens is 2. The van der Waals surface area contributed by atoms with Crippen molar-refractivity contribution in [1.82, 2.24) is 10.1 Å². The number of aryl methyl sites for hydroxylation is 1. The zero-order valence-electron chi connectivity index (χ0n) is 10.1. The van der Waals surface area contributed by atoms with E-state index >= 15 is 0 Å². The van der Waals surface area contributed by atoms with E-state index in [-0.39, 0.29) is 18.3 Å². The van der Waals surface area contributed by atoms with Crippen molar-refractivity contribution in [3.63, 3.8) is 0 Å². The summed E-state index contributed by atoms with van der Waals surface area (Å²) in [6.45, 7) is 1.21. The summed E-state index contributed by atoms with van der Waals surface area (Å²) < 4.78 is 58.7. The number of hydrogen-bond acceptors (Lipinski definition) is 6. The minimum Gasteiger partial charge on any atom is -0.479 e. The van der Waals surface area contributed by atoms with Gasteiger partial charge in [0.2, 0.25) is 21.7 Å². The van der Waals surface area contributed by atoms with Crippen LogP contribution in [0.5, 0.6) is 5.75 Å². The topological polar surface area (TPSA) is 108 Å². The highest BCUT2D eigenvalue weighted by Gasteiger charge is 2.18. The molecule has 20 heavy (non-hydrogen) atoms. The third-order valence-electron chi connectivity index (χ3n) is 2.22. The zero-order chi connectivity index (χ0) is 14.9. The minimum atomic E-state index is -4.20. The Morgan fingerprint density at radius 2 is 1.95 bits per heavy atom. The molecule has 7 nitrogen and oxygen atoms in total. The van der Waals surface area contributed by atoms with E-state index in [1.54, 1.807) is 6.92 Å². The van der Waals surface area contributed by atoms with Crippen LogP contribution in [0.4, 0.5) is 8.78 Å². The van der Waals surface area contributed by atoms with Gasteiger partial charge in [-0.1, -0.05) is 5.16 Å². The molecule has 2 aromatic rings. The van der Waals surface area contributed by atoms with Crippen molar-refractivity contribution in [2.24, 2.45) is 5.14 Å². The van der Waals surface area contributed by atoms with Crippen molar-refractivity contribution in [2.75, 3.05) is 0 Å². The number of nitrogens with zero attached hydrogens (tertiary/aromatic N) is 2. The van der Waals surface area contributed by atoms with Gasteiger partial charge in [0.1, 0.15) is 0 Å². The van der Waals surface area contributed by atoms with Crippen LogP contribution in [0.2, 0.25) is 0 Å². The summed E-state index contributed by atoms with van der Waals surface area (Å²) in [5.74, 6) is -2.78. The van der Waals surface area contributed by atoms with Gasteiger partial charge in [-0.3, -0.25) is 0 Å². The molecule has 0 atom stereocenters. The fourth-order valence-electron chi connectivity index (χ4n) is 1.38. The second kappa shape index (κ2) is 5.13. The SMILES string of the molecule is Cc1nc(COc2c(F)cc(S(N)(=O)=O)cc2F)no1. The van der Waals surface area contributed by atoms with Crippen LogP contribution in [0.15, 0.2) is 21.6 Å². The van der Waals surface area contributed by atoms with E-state index in [4.69, 9.17) is 9.88 Å². The summed E-state index contributed by atoms with van der Waals surface area (Å²) in [4.78, 5) is 3.09. The molecule has 0 saturated heterocycles. The quantitative estimate of drug-likeness (QED) is 0.898. The third-order valence-corrected chi connectivity index (χ3v) is 3.11. The predicted octanol–water partition coefficient (Wildman–Crippen LogP) is 0.883. The predicted molar refractivity (Wildman–Crippen MR) is 61.1 cm³/mol. The zero-order valence-corrected chi connectivity index (χ0v) is 10.9. The molecule has 0 amide bonds. The van der Waals surface area contributed by atoms with E-state index in [9.17, 15) is 17.2 Å². The summed E-state index contributed by atoms with van der Waals surface area (Å²) in [6, 6.07) is 1.13. The van der Waals surface area contributed by atoms with Gasteiger partial charge in [-0.2, -0.15) is 4.98 Å². The second-order valence-electron chi connectivity index (χ2n) is 3.78. The molecule has 0 unspecified atom stereocenters. The molecule has 10 heteroatoms. The molecular formula is C10H9F2N3O4S. The Morgan fingerprint density at radius 3 is 2.40 bits per heavy atom. The van der Waals surface area contributed by atoms with Gasteiger partial charge in [0.25, 0.3) is 0 Å². The van der Waals surface area contributed by atoms with E-state index in [0.717, 1.165) is 0 Å². The van der Waals surface area contributed by atoms with E-state index in [2.05, 4.69) is 14.7 Å². The molecule has 0 aliphatic carbocycles. The third kappa shape index (κ3) is 3.08. The molecule has 0 fully saturated rings. The van der Waals surface area contributed by atoms with Gasteiger partial charge >= 0.3 is 0 Å². The Morgan fingerprint density at radius 1 is 1.35 bits per heavy atom. The Hall–Kier alpha value is -2.07. The number of aromatic nitrogens is 2. The van der Waals surface area contributed by atoms with Crippen molar-refractivity contribution in [3.05, 3.63) is 35.5 Å². The Kier molecular flexibility index (Phi) is 3.68. The molecule has 0 radical (unpaired) electrons. The van der Waals surface area contributed by atoms with Crippen LogP contribution >= 0.6 is 0 Å². The summed E-state index contributed by atoms with van der Waals surface area (Å²) in [5.41, 5.74) is 0. The highest BCUT2D eigenvalue weighted by Crippen LogP contribution is 2.25. The van der Waals surface area contributed by atoms with Crippen LogP contribution in [-0.2, 0) is 16.6 Å². The lowest BCUT2D eigenvalue weighted by atomic mass is 10.3. The van der Waals surface area contributed by atoms with Gasteiger partial charge in [0.05, 0.1) is 4.90 Å². The molecular weight excluding hydrogens is 296 g/mol. The van der Waals surface area contributed by atoms with Crippen LogP contribution in [0.3, 0.4) is 0 Å². The molecule has 0 saturated carbocycles. The maximum Gasteiger partial charge on any atom is 0.238 e. The average molecular weight is 305 g/mol. The first-order chi connectivity index (χ1) is 9.27. The summed E-state index contributed by atoms with van der Waals surface area (Å²) >= 11 is 0. The lowest BCUT2D eigenvalue weighted by Crippen LogP contribution is -2.13. The van der Waals surface area contributed by atoms with Gasteiger partial charge in [0.15, 0.2) is 24.0 Å². The van der Waals surface area contributed by atoms with Crippen molar-refractivity contribution in [2.45, 2.75) is 18.4 Å². The summed E-state index contributed by atoms with van der Waals surface area (Å²) in [6.07, 6.45) is 0. The Labute approximate surface area is 112 Å². The Bertz CT molecular complexity index is 722. The lowest BCUT2D eigenvalue weighted by molar-refractivity contribution is 0.258. The van der Waals surface area contributed by atoms with Gasteiger partial charge in [0, 0.05) is 6.92 Å². The first kappa shape index (κ1) is 14.3. The first-order valence-electron chi connectivity index (χ1n) is 5.21. The fourth-order valence-corrected chi connectivity index (χ4v) is 1.91. The molecule has 0 aliphatic rings.